The lowest BCUT2D eigenvalue weighted by Crippen LogP contribution is -2.27. The third kappa shape index (κ3) is 3.42. The first-order valence-corrected chi connectivity index (χ1v) is 8.29. The Hall–Kier alpha value is -0.210. The van der Waals surface area contributed by atoms with E-state index in [0.29, 0.717) is 6.54 Å². The minimum absolute atomic E-state index is 0.557. The Bertz CT molecular complexity index is 520. The van der Waals surface area contributed by atoms with Crippen molar-refractivity contribution < 1.29 is 9.90 Å². The van der Waals surface area contributed by atoms with Gasteiger partial charge in [-0.1, -0.05) is 6.07 Å². The summed E-state index contributed by atoms with van der Waals surface area (Å²) in [5.41, 5.74) is 0. The van der Waals surface area contributed by atoms with Gasteiger partial charge in [0.05, 0.1) is 3.79 Å². The summed E-state index contributed by atoms with van der Waals surface area (Å²) in [7, 11) is 0. The van der Waals surface area contributed by atoms with Crippen LogP contribution in [0.25, 0.3) is 0 Å². The highest BCUT2D eigenvalue weighted by molar-refractivity contribution is 9.13. The molecule has 0 aliphatic heterocycles. The minimum Gasteiger partial charge on any atom is -0.480 e. The van der Waals surface area contributed by atoms with Crippen LogP contribution in [0, 0.1) is 0 Å². The summed E-state index contributed by atoms with van der Waals surface area (Å²) in [6.45, 7) is 0.557. The fraction of sp³-hybridized carbons (Fsp3) is 0.182. The average Bonchev–Trinajstić information content (AvgIpc) is 2.90. The number of thiophene rings is 2. The van der Waals surface area contributed by atoms with Gasteiger partial charge >= 0.3 is 5.97 Å². The minimum atomic E-state index is -0.868. The van der Waals surface area contributed by atoms with Gasteiger partial charge in [0.15, 0.2) is 0 Å². The predicted octanol–water partition coefficient (Wildman–Crippen LogP) is 4.25. The van der Waals surface area contributed by atoms with Gasteiger partial charge in [-0.3, -0.25) is 10.1 Å². The molecule has 0 aliphatic carbocycles. The van der Waals surface area contributed by atoms with E-state index < -0.39 is 12.0 Å². The van der Waals surface area contributed by atoms with E-state index >= 15 is 0 Å². The van der Waals surface area contributed by atoms with Crippen molar-refractivity contribution in [1.29, 1.82) is 0 Å². The second-order valence-electron chi connectivity index (χ2n) is 3.50. The molecule has 1 atom stereocenters. The summed E-state index contributed by atoms with van der Waals surface area (Å²) in [6.07, 6.45) is 0. The van der Waals surface area contributed by atoms with E-state index in [1.54, 1.807) is 11.3 Å². The topological polar surface area (TPSA) is 49.3 Å². The number of hydrogen-bond donors (Lipinski definition) is 2. The van der Waals surface area contributed by atoms with Crippen molar-refractivity contribution in [3.8, 4) is 0 Å². The second-order valence-corrected chi connectivity index (χ2v) is 7.79. The van der Waals surface area contributed by atoms with Crippen LogP contribution in [0.15, 0.2) is 31.8 Å². The van der Waals surface area contributed by atoms with Crippen LogP contribution in [0.5, 0.6) is 0 Å². The van der Waals surface area contributed by atoms with E-state index in [2.05, 4.69) is 37.2 Å². The molecule has 2 heterocycles. The van der Waals surface area contributed by atoms with Gasteiger partial charge in [-0.15, -0.1) is 22.7 Å². The average molecular weight is 411 g/mol. The van der Waals surface area contributed by atoms with Crippen LogP contribution in [0.1, 0.15) is 15.8 Å². The van der Waals surface area contributed by atoms with Crippen LogP contribution in [0.4, 0.5) is 0 Å². The number of nitrogens with one attached hydrogen (secondary N) is 1. The molecule has 2 aromatic rings. The number of carboxylic acids is 1. The van der Waals surface area contributed by atoms with Crippen LogP contribution in [-0.2, 0) is 11.3 Å². The zero-order chi connectivity index (χ0) is 13.1. The van der Waals surface area contributed by atoms with Gasteiger partial charge in [0, 0.05) is 20.8 Å². The number of halogens is 2. The first-order valence-electron chi connectivity index (χ1n) is 5.01. The van der Waals surface area contributed by atoms with E-state index in [-0.39, 0.29) is 0 Å². The first-order chi connectivity index (χ1) is 8.58. The van der Waals surface area contributed by atoms with Crippen LogP contribution in [-0.4, -0.2) is 11.1 Å². The van der Waals surface area contributed by atoms with Crippen molar-refractivity contribution in [1.82, 2.24) is 5.32 Å². The number of carboxylic acid groups (broad SMARTS) is 1. The molecule has 18 heavy (non-hydrogen) atoms. The molecule has 0 aliphatic rings. The maximum atomic E-state index is 11.3. The third-order valence-corrected chi connectivity index (χ3v) is 6.45. The first kappa shape index (κ1) is 14.2. The van der Waals surface area contributed by atoms with Gasteiger partial charge < -0.3 is 5.11 Å². The maximum Gasteiger partial charge on any atom is 0.326 e. The summed E-state index contributed by atoms with van der Waals surface area (Å²) < 4.78 is 1.79. The highest BCUT2D eigenvalue weighted by Crippen LogP contribution is 2.35. The van der Waals surface area contributed by atoms with Crippen molar-refractivity contribution in [3.05, 3.63) is 41.6 Å². The highest BCUT2D eigenvalue weighted by atomic mass is 79.9. The van der Waals surface area contributed by atoms with Crippen molar-refractivity contribution >= 4 is 60.5 Å². The molecule has 96 valence electrons. The molecular formula is C11H9Br2NO2S2. The summed E-state index contributed by atoms with van der Waals surface area (Å²) in [4.78, 5) is 13.2. The zero-order valence-electron chi connectivity index (χ0n) is 9.02. The van der Waals surface area contributed by atoms with Crippen molar-refractivity contribution in [2.24, 2.45) is 0 Å². The molecule has 0 spiro atoms. The lowest BCUT2D eigenvalue weighted by atomic mass is 10.2. The van der Waals surface area contributed by atoms with E-state index in [0.717, 1.165) is 18.0 Å². The molecule has 0 saturated carbocycles. The Morgan fingerprint density at radius 2 is 2.28 bits per heavy atom. The van der Waals surface area contributed by atoms with Gasteiger partial charge in [0.1, 0.15) is 6.04 Å². The molecule has 7 heteroatoms. The molecule has 0 amide bonds. The van der Waals surface area contributed by atoms with Crippen LogP contribution >= 0.6 is 54.5 Å². The van der Waals surface area contributed by atoms with E-state index in [1.165, 1.54) is 11.3 Å². The van der Waals surface area contributed by atoms with Crippen molar-refractivity contribution in [2.75, 3.05) is 0 Å². The molecule has 2 N–H and O–H groups in total. The molecule has 0 saturated heterocycles. The normalized spacial score (nSPS) is 12.6. The van der Waals surface area contributed by atoms with Gasteiger partial charge in [-0.25, -0.2) is 0 Å². The van der Waals surface area contributed by atoms with Crippen LogP contribution < -0.4 is 5.32 Å². The standard InChI is InChI=1S/C11H9Br2NO2S2/c12-7-4-8(18-10(7)13)9(11(15)16)14-5-6-2-1-3-17-6/h1-4,9,14H,5H2,(H,15,16). The highest BCUT2D eigenvalue weighted by Gasteiger charge is 2.22. The lowest BCUT2D eigenvalue weighted by molar-refractivity contribution is -0.139. The Labute approximate surface area is 129 Å². The molecule has 2 rings (SSSR count). The molecule has 2 aromatic heterocycles. The van der Waals surface area contributed by atoms with Gasteiger partial charge in [-0.05, 0) is 49.4 Å². The third-order valence-electron chi connectivity index (χ3n) is 2.26. The summed E-state index contributed by atoms with van der Waals surface area (Å²) in [5.74, 6) is -0.868. The van der Waals surface area contributed by atoms with Crippen LogP contribution in [0.2, 0.25) is 0 Å². The number of carbonyl (C=O) groups is 1. The van der Waals surface area contributed by atoms with E-state index in [4.69, 9.17) is 0 Å². The molecule has 1 unspecified atom stereocenters. The van der Waals surface area contributed by atoms with Gasteiger partial charge in [-0.2, -0.15) is 0 Å². The Kier molecular flexibility index (Phi) is 4.97. The number of hydrogen-bond acceptors (Lipinski definition) is 4. The van der Waals surface area contributed by atoms with Gasteiger partial charge in [0.25, 0.3) is 0 Å². The predicted molar refractivity (Wildman–Crippen MR) is 81.3 cm³/mol. The van der Waals surface area contributed by atoms with E-state index in [9.17, 15) is 9.90 Å². The second kappa shape index (κ2) is 6.29. The Morgan fingerprint density at radius 1 is 1.50 bits per heavy atom. The monoisotopic (exact) mass is 409 g/mol. The number of rotatable bonds is 5. The van der Waals surface area contributed by atoms with Crippen molar-refractivity contribution in [2.45, 2.75) is 12.6 Å². The van der Waals surface area contributed by atoms with Gasteiger partial charge in [0.2, 0.25) is 0 Å². The molecule has 0 radical (unpaired) electrons. The number of aliphatic carboxylic acids is 1. The Morgan fingerprint density at radius 3 is 2.78 bits per heavy atom. The summed E-state index contributed by atoms with van der Waals surface area (Å²) in [5, 5.41) is 14.3. The summed E-state index contributed by atoms with van der Waals surface area (Å²) >= 11 is 9.77. The molecular weight excluding hydrogens is 402 g/mol. The molecule has 3 nitrogen and oxygen atoms in total. The Balaban J connectivity index is 2.11. The quantitative estimate of drug-likeness (QED) is 0.774. The largest absolute Gasteiger partial charge is 0.480 e. The fourth-order valence-corrected chi connectivity index (χ4v) is 4.25. The fourth-order valence-electron chi connectivity index (χ4n) is 1.43. The van der Waals surface area contributed by atoms with Crippen LogP contribution in [0.3, 0.4) is 0 Å². The summed E-state index contributed by atoms with van der Waals surface area (Å²) in [6, 6.07) is 5.08. The maximum absolute atomic E-state index is 11.3. The smallest absolute Gasteiger partial charge is 0.326 e. The zero-order valence-corrected chi connectivity index (χ0v) is 13.8. The molecule has 0 fully saturated rings. The SMILES string of the molecule is O=C(O)C(NCc1cccs1)c1cc(Br)c(Br)s1. The lowest BCUT2D eigenvalue weighted by Gasteiger charge is -2.11. The van der Waals surface area contributed by atoms with E-state index in [1.807, 2.05) is 23.6 Å². The van der Waals surface area contributed by atoms with Crippen molar-refractivity contribution in [3.63, 3.8) is 0 Å². The molecule has 0 bridgehead atoms. The molecule has 0 aromatic carbocycles.